The first-order chi connectivity index (χ1) is 8.97. The number of benzene rings is 1. The van der Waals surface area contributed by atoms with Crippen LogP contribution in [0.2, 0.25) is 0 Å². The Morgan fingerprint density at radius 1 is 1.16 bits per heavy atom. The molecule has 6 heteroatoms. The van der Waals surface area contributed by atoms with E-state index in [-0.39, 0.29) is 5.75 Å². The quantitative estimate of drug-likeness (QED) is 0.524. The highest BCUT2D eigenvalue weighted by Gasteiger charge is 2.15. The van der Waals surface area contributed by atoms with E-state index in [4.69, 9.17) is 0 Å². The maximum absolute atomic E-state index is 11.6. The molecule has 1 unspecified atom stereocenters. The van der Waals surface area contributed by atoms with E-state index in [0.29, 0.717) is 21.7 Å². The van der Waals surface area contributed by atoms with Crippen molar-refractivity contribution in [2.45, 2.75) is 0 Å². The number of hydrogen-bond donors (Lipinski definition) is 2. The lowest BCUT2D eigenvalue weighted by atomic mass is 10.1. The molecule has 0 fully saturated rings. The van der Waals surface area contributed by atoms with E-state index >= 15 is 0 Å². The standard InChI is InChI=1S/C13H11N2O3P/c1-19(17,18)9-6-8-2-3-10-11(16)4-5-14-13(10)12(8)15-7-9/h2-7H,1H3,(H,14,16)(H,17,18). The molecule has 0 saturated carbocycles. The third-order valence-electron chi connectivity index (χ3n) is 3.00. The summed E-state index contributed by atoms with van der Waals surface area (Å²) < 4.78 is 11.6. The normalized spacial score (nSPS) is 14.6. The number of nitrogens with zero attached hydrogens (tertiary/aromatic N) is 2. The Morgan fingerprint density at radius 2 is 1.95 bits per heavy atom. The topological polar surface area (TPSA) is 83.3 Å². The van der Waals surface area contributed by atoms with Gasteiger partial charge in [0.25, 0.3) is 0 Å². The van der Waals surface area contributed by atoms with Gasteiger partial charge in [-0.1, -0.05) is 6.07 Å². The molecule has 1 aromatic carbocycles. The predicted octanol–water partition coefficient (Wildman–Crippen LogP) is 2.01. The van der Waals surface area contributed by atoms with E-state index in [1.807, 2.05) is 0 Å². The lowest BCUT2D eigenvalue weighted by molar-refractivity contribution is 0.481. The largest absolute Gasteiger partial charge is 0.507 e. The van der Waals surface area contributed by atoms with Crippen molar-refractivity contribution in [2.75, 3.05) is 6.66 Å². The van der Waals surface area contributed by atoms with E-state index in [2.05, 4.69) is 9.97 Å². The molecular formula is C13H11N2O3P. The Balaban J connectivity index is 2.40. The number of aromatic nitrogens is 2. The zero-order chi connectivity index (χ0) is 13.6. The molecule has 0 bridgehead atoms. The van der Waals surface area contributed by atoms with Gasteiger partial charge in [-0.15, -0.1) is 0 Å². The summed E-state index contributed by atoms with van der Waals surface area (Å²) in [6.45, 7) is 1.28. The Hall–Kier alpha value is -1.97. The third-order valence-corrected chi connectivity index (χ3v) is 4.21. The minimum absolute atomic E-state index is 0.140. The molecule has 3 aromatic rings. The fraction of sp³-hybridized carbons (Fsp3) is 0.0769. The SMILES string of the molecule is CP(=O)(O)c1cnc2c(ccc3c(O)ccnc32)c1. The van der Waals surface area contributed by atoms with Gasteiger partial charge < -0.3 is 10.00 Å². The molecule has 19 heavy (non-hydrogen) atoms. The maximum Gasteiger partial charge on any atom is 0.228 e. The average Bonchev–Trinajstić information content (AvgIpc) is 2.37. The molecule has 2 aromatic heterocycles. The van der Waals surface area contributed by atoms with Crippen LogP contribution in [0.1, 0.15) is 0 Å². The van der Waals surface area contributed by atoms with Crippen molar-refractivity contribution in [3.05, 3.63) is 36.7 Å². The fourth-order valence-electron chi connectivity index (χ4n) is 2.01. The Morgan fingerprint density at radius 3 is 2.68 bits per heavy atom. The van der Waals surface area contributed by atoms with Gasteiger partial charge in [0, 0.05) is 29.8 Å². The minimum atomic E-state index is -3.32. The maximum atomic E-state index is 11.6. The molecule has 0 amide bonds. The van der Waals surface area contributed by atoms with Crippen molar-refractivity contribution in [1.29, 1.82) is 0 Å². The van der Waals surface area contributed by atoms with Crippen LogP contribution in [0.5, 0.6) is 5.75 Å². The van der Waals surface area contributed by atoms with E-state index < -0.39 is 7.37 Å². The monoisotopic (exact) mass is 274 g/mol. The van der Waals surface area contributed by atoms with Crippen molar-refractivity contribution < 1.29 is 14.6 Å². The van der Waals surface area contributed by atoms with Crippen LogP contribution in [0.4, 0.5) is 0 Å². The van der Waals surface area contributed by atoms with Crippen molar-refractivity contribution in [3.8, 4) is 5.75 Å². The van der Waals surface area contributed by atoms with E-state index in [1.54, 1.807) is 18.2 Å². The smallest absolute Gasteiger partial charge is 0.228 e. The van der Waals surface area contributed by atoms with E-state index in [9.17, 15) is 14.6 Å². The van der Waals surface area contributed by atoms with Gasteiger partial charge in [-0.25, -0.2) is 0 Å². The molecule has 0 aliphatic heterocycles. The second-order valence-electron chi connectivity index (χ2n) is 4.44. The molecular weight excluding hydrogens is 263 g/mol. The van der Waals surface area contributed by atoms with Crippen LogP contribution >= 0.6 is 7.37 Å². The van der Waals surface area contributed by atoms with Crippen LogP contribution < -0.4 is 5.30 Å². The van der Waals surface area contributed by atoms with Crippen LogP contribution in [0, 0.1) is 0 Å². The van der Waals surface area contributed by atoms with Gasteiger partial charge in [-0.3, -0.25) is 14.5 Å². The van der Waals surface area contributed by atoms with Crippen LogP contribution in [-0.4, -0.2) is 26.6 Å². The third kappa shape index (κ3) is 1.97. The molecule has 0 spiro atoms. The van der Waals surface area contributed by atoms with Gasteiger partial charge in [0.2, 0.25) is 7.37 Å². The van der Waals surface area contributed by atoms with Crippen molar-refractivity contribution >= 4 is 34.5 Å². The molecule has 3 rings (SSSR count). The Labute approximate surface area is 109 Å². The number of fused-ring (bicyclic) bond motifs is 3. The van der Waals surface area contributed by atoms with Crippen LogP contribution in [0.3, 0.4) is 0 Å². The molecule has 1 atom stereocenters. The second-order valence-corrected chi connectivity index (χ2v) is 6.71. The Bertz CT molecular complexity index is 842. The van der Waals surface area contributed by atoms with Gasteiger partial charge in [0.05, 0.1) is 10.8 Å². The summed E-state index contributed by atoms with van der Waals surface area (Å²) in [5, 5.41) is 11.4. The first-order valence-electron chi connectivity index (χ1n) is 5.64. The number of rotatable bonds is 1. The molecule has 0 radical (unpaired) electrons. The minimum Gasteiger partial charge on any atom is -0.507 e. The fourth-order valence-corrected chi connectivity index (χ4v) is 2.66. The summed E-state index contributed by atoms with van der Waals surface area (Å²) in [5.41, 5.74) is 1.18. The van der Waals surface area contributed by atoms with Gasteiger partial charge in [-0.05, 0) is 18.2 Å². The van der Waals surface area contributed by atoms with Crippen LogP contribution in [0.15, 0.2) is 36.7 Å². The summed E-state index contributed by atoms with van der Waals surface area (Å²) >= 11 is 0. The van der Waals surface area contributed by atoms with E-state index in [0.717, 1.165) is 5.39 Å². The summed E-state index contributed by atoms with van der Waals surface area (Å²) in [6, 6.07) is 6.62. The first-order valence-corrected chi connectivity index (χ1v) is 7.75. The zero-order valence-corrected chi connectivity index (χ0v) is 11.0. The van der Waals surface area contributed by atoms with Gasteiger partial charge in [-0.2, -0.15) is 0 Å². The van der Waals surface area contributed by atoms with Crippen molar-refractivity contribution in [1.82, 2.24) is 9.97 Å². The molecule has 0 saturated heterocycles. The second kappa shape index (κ2) is 4.02. The molecule has 5 nitrogen and oxygen atoms in total. The van der Waals surface area contributed by atoms with Crippen LogP contribution in [0.25, 0.3) is 21.8 Å². The first kappa shape index (κ1) is 12.1. The highest BCUT2D eigenvalue weighted by molar-refractivity contribution is 7.65. The summed E-state index contributed by atoms with van der Waals surface area (Å²) in [5.74, 6) is 0.140. The molecule has 96 valence electrons. The molecule has 2 heterocycles. The Kier molecular flexibility index (Phi) is 2.55. The van der Waals surface area contributed by atoms with Gasteiger partial charge in [0.15, 0.2) is 0 Å². The van der Waals surface area contributed by atoms with Crippen molar-refractivity contribution in [3.63, 3.8) is 0 Å². The molecule has 0 aliphatic carbocycles. The average molecular weight is 274 g/mol. The van der Waals surface area contributed by atoms with Gasteiger partial charge in [0.1, 0.15) is 11.3 Å². The number of aromatic hydroxyl groups is 1. The summed E-state index contributed by atoms with van der Waals surface area (Å²) in [7, 11) is -3.32. The lowest BCUT2D eigenvalue weighted by Crippen LogP contribution is -2.04. The van der Waals surface area contributed by atoms with Gasteiger partial charge >= 0.3 is 0 Å². The summed E-state index contributed by atoms with van der Waals surface area (Å²) in [6.07, 6.45) is 2.89. The number of hydrogen-bond acceptors (Lipinski definition) is 4. The lowest BCUT2D eigenvalue weighted by Gasteiger charge is -2.08. The highest BCUT2D eigenvalue weighted by atomic mass is 31.2. The van der Waals surface area contributed by atoms with Crippen molar-refractivity contribution in [2.24, 2.45) is 0 Å². The molecule has 2 N–H and O–H groups in total. The molecule has 0 aliphatic rings. The zero-order valence-electron chi connectivity index (χ0n) is 10.1. The predicted molar refractivity (Wildman–Crippen MR) is 74.1 cm³/mol. The highest BCUT2D eigenvalue weighted by Crippen LogP contribution is 2.35. The van der Waals surface area contributed by atoms with Crippen LogP contribution in [-0.2, 0) is 4.57 Å². The summed E-state index contributed by atoms with van der Waals surface area (Å²) in [4.78, 5) is 18.0. The number of pyridine rings is 2. The van der Waals surface area contributed by atoms with E-state index in [1.165, 1.54) is 25.1 Å².